The second-order valence-corrected chi connectivity index (χ2v) is 4.20. The van der Waals surface area contributed by atoms with Crippen molar-refractivity contribution in [1.82, 2.24) is 4.98 Å². The molecule has 5 heteroatoms. The number of aryl methyl sites for hydroxylation is 1. The van der Waals surface area contributed by atoms with E-state index in [1.165, 1.54) is 11.8 Å². The van der Waals surface area contributed by atoms with Gasteiger partial charge < -0.3 is 10.2 Å². The maximum Gasteiger partial charge on any atom is 0.164 e. The molecule has 0 spiro atoms. The molecule has 0 atom stereocenters. The molecule has 2 rings (SSSR count). The molecule has 2 N–H and O–H groups in total. The van der Waals surface area contributed by atoms with Gasteiger partial charge in [-0.15, -0.1) is 0 Å². The van der Waals surface area contributed by atoms with Gasteiger partial charge in [0.1, 0.15) is 16.9 Å². The molecule has 0 aliphatic rings. The molecule has 0 aliphatic heterocycles. The van der Waals surface area contributed by atoms with E-state index in [4.69, 9.17) is 15.4 Å². The molecule has 2 aromatic heterocycles. The minimum absolute atomic E-state index is 0.256. The molecule has 0 fully saturated rings. The Labute approximate surface area is 97.1 Å². The van der Waals surface area contributed by atoms with Crippen molar-refractivity contribution in [1.29, 1.82) is 5.26 Å². The monoisotopic (exact) mass is 231 g/mol. The molecule has 16 heavy (non-hydrogen) atoms. The van der Waals surface area contributed by atoms with E-state index in [1.807, 2.05) is 19.1 Å². The number of hydrogen-bond acceptors (Lipinski definition) is 5. The lowest BCUT2D eigenvalue weighted by Gasteiger charge is -2.01. The second-order valence-electron chi connectivity index (χ2n) is 3.14. The summed E-state index contributed by atoms with van der Waals surface area (Å²) in [5.74, 6) is 0.835. The highest BCUT2D eigenvalue weighted by atomic mass is 32.2. The Hall–Kier alpha value is -1.93. The Morgan fingerprint density at radius 2 is 2.25 bits per heavy atom. The largest absolute Gasteiger partial charge is 0.468 e. The minimum Gasteiger partial charge on any atom is -0.468 e. The topological polar surface area (TPSA) is 75.8 Å². The first-order valence-corrected chi connectivity index (χ1v) is 5.41. The van der Waals surface area contributed by atoms with Gasteiger partial charge in [0.25, 0.3) is 0 Å². The van der Waals surface area contributed by atoms with Crippen molar-refractivity contribution < 1.29 is 4.42 Å². The molecule has 0 saturated heterocycles. The molecule has 0 aliphatic carbocycles. The van der Waals surface area contributed by atoms with E-state index >= 15 is 0 Å². The summed E-state index contributed by atoms with van der Waals surface area (Å²) in [4.78, 5) is 5.13. The van der Waals surface area contributed by atoms with Gasteiger partial charge in [-0.3, -0.25) is 0 Å². The van der Waals surface area contributed by atoms with Crippen molar-refractivity contribution in [2.24, 2.45) is 0 Å². The van der Waals surface area contributed by atoms with Crippen LogP contribution in [-0.4, -0.2) is 4.98 Å². The lowest BCUT2D eigenvalue weighted by molar-refractivity contribution is 0.527. The predicted octanol–water partition coefficient (Wildman–Crippen LogP) is 2.59. The van der Waals surface area contributed by atoms with Gasteiger partial charge in [0, 0.05) is 0 Å². The van der Waals surface area contributed by atoms with Crippen molar-refractivity contribution in [2.45, 2.75) is 16.8 Å². The van der Waals surface area contributed by atoms with Gasteiger partial charge >= 0.3 is 0 Å². The van der Waals surface area contributed by atoms with Crippen LogP contribution in [0.15, 0.2) is 38.8 Å². The zero-order valence-corrected chi connectivity index (χ0v) is 9.41. The SMILES string of the molecule is Cc1occc1Sc1ccc(N)c(C#N)n1. The fourth-order valence-corrected chi connectivity index (χ4v) is 2.00. The fraction of sp³-hybridized carbons (Fsp3) is 0.0909. The highest BCUT2D eigenvalue weighted by Gasteiger charge is 2.07. The van der Waals surface area contributed by atoms with E-state index in [1.54, 1.807) is 18.4 Å². The maximum atomic E-state index is 8.80. The summed E-state index contributed by atoms with van der Waals surface area (Å²) < 4.78 is 5.18. The van der Waals surface area contributed by atoms with Crippen LogP contribution in [0, 0.1) is 18.3 Å². The molecule has 0 amide bonds. The molecule has 0 unspecified atom stereocenters. The predicted molar refractivity (Wildman–Crippen MR) is 60.9 cm³/mol. The summed E-state index contributed by atoms with van der Waals surface area (Å²) in [5, 5.41) is 9.53. The van der Waals surface area contributed by atoms with E-state index < -0.39 is 0 Å². The third-order valence-electron chi connectivity index (χ3n) is 2.03. The van der Waals surface area contributed by atoms with E-state index in [-0.39, 0.29) is 5.69 Å². The Balaban J connectivity index is 2.30. The van der Waals surface area contributed by atoms with Gasteiger partial charge in [0.2, 0.25) is 0 Å². The van der Waals surface area contributed by atoms with Crippen LogP contribution >= 0.6 is 11.8 Å². The molecule has 0 aromatic carbocycles. The van der Waals surface area contributed by atoms with Crippen LogP contribution in [0.5, 0.6) is 0 Å². The van der Waals surface area contributed by atoms with Crippen LogP contribution in [0.4, 0.5) is 5.69 Å². The van der Waals surface area contributed by atoms with Gasteiger partial charge in [-0.05, 0) is 25.1 Å². The third-order valence-corrected chi connectivity index (χ3v) is 3.11. The number of nitrogens with two attached hydrogens (primary N) is 1. The second kappa shape index (κ2) is 4.29. The van der Waals surface area contributed by atoms with Gasteiger partial charge in [-0.25, -0.2) is 4.98 Å². The van der Waals surface area contributed by atoms with Crippen molar-refractivity contribution >= 4 is 17.4 Å². The van der Waals surface area contributed by atoms with Gasteiger partial charge in [0.05, 0.1) is 16.8 Å². The minimum atomic E-state index is 0.256. The lowest BCUT2D eigenvalue weighted by Crippen LogP contribution is -1.94. The lowest BCUT2D eigenvalue weighted by atomic mass is 10.3. The fourth-order valence-electron chi connectivity index (χ4n) is 1.19. The molecule has 0 radical (unpaired) electrons. The number of nitriles is 1. The molecule has 80 valence electrons. The molecule has 0 saturated carbocycles. The maximum absolute atomic E-state index is 8.80. The summed E-state index contributed by atoms with van der Waals surface area (Å²) in [5.41, 5.74) is 6.25. The van der Waals surface area contributed by atoms with E-state index in [2.05, 4.69) is 4.98 Å². The highest BCUT2D eigenvalue weighted by molar-refractivity contribution is 7.99. The van der Waals surface area contributed by atoms with Crippen molar-refractivity contribution in [2.75, 3.05) is 5.73 Å². The third kappa shape index (κ3) is 2.02. The Morgan fingerprint density at radius 3 is 2.88 bits per heavy atom. The summed E-state index contributed by atoms with van der Waals surface area (Å²) in [6.07, 6.45) is 1.63. The quantitative estimate of drug-likeness (QED) is 0.859. The van der Waals surface area contributed by atoms with Crippen molar-refractivity contribution in [3.8, 4) is 6.07 Å². The standard InChI is InChI=1S/C11H9N3OS/c1-7-10(4-5-15-7)16-11-3-2-8(13)9(6-12)14-11/h2-5H,13H2,1H3. The molecule has 2 aromatic rings. The van der Waals surface area contributed by atoms with E-state index in [0.717, 1.165) is 15.7 Å². The molecule has 2 heterocycles. The Kier molecular flexibility index (Phi) is 2.84. The molecular weight excluding hydrogens is 222 g/mol. The average Bonchev–Trinajstić information content (AvgIpc) is 2.67. The van der Waals surface area contributed by atoms with Gasteiger partial charge in [0.15, 0.2) is 5.69 Å². The first kappa shape index (κ1) is 10.6. The number of aromatic nitrogens is 1. The smallest absolute Gasteiger partial charge is 0.164 e. The zero-order valence-electron chi connectivity index (χ0n) is 8.60. The number of anilines is 1. The van der Waals surface area contributed by atoms with E-state index in [0.29, 0.717) is 5.69 Å². The molecular formula is C11H9N3OS. The number of nitrogens with zero attached hydrogens (tertiary/aromatic N) is 2. The summed E-state index contributed by atoms with van der Waals surface area (Å²) in [7, 11) is 0. The van der Waals surface area contributed by atoms with Crippen molar-refractivity contribution in [3.63, 3.8) is 0 Å². The van der Waals surface area contributed by atoms with E-state index in [9.17, 15) is 0 Å². The van der Waals surface area contributed by atoms with Crippen LogP contribution in [0.2, 0.25) is 0 Å². The summed E-state index contributed by atoms with van der Waals surface area (Å²) in [6, 6.07) is 7.29. The number of pyridine rings is 1. The van der Waals surface area contributed by atoms with Crippen LogP contribution < -0.4 is 5.73 Å². The first-order chi connectivity index (χ1) is 7.70. The normalized spacial score (nSPS) is 10.0. The number of furan rings is 1. The zero-order chi connectivity index (χ0) is 11.5. The molecule has 4 nitrogen and oxygen atoms in total. The number of hydrogen-bond donors (Lipinski definition) is 1. The van der Waals surface area contributed by atoms with Crippen LogP contribution in [-0.2, 0) is 0 Å². The van der Waals surface area contributed by atoms with Gasteiger partial charge in [-0.1, -0.05) is 11.8 Å². The Bertz CT molecular complexity index is 557. The summed E-state index contributed by atoms with van der Waals surface area (Å²) in [6.45, 7) is 1.88. The Morgan fingerprint density at radius 1 is 1.44 bits per heavy atom. The summed E-state index contributed by atoms with van der Waals surface area (Å²) >= 11 is 1.45. The highest BCUT2D eigenvalue weighted by Crippen LogP contribution is 2.30. The van der Waals surface area contributed by atoms with Gasteiger partial charge in [-0.2, -0.15) is 5.26 Å². The molecule has 0 bridgehead atoms. The van der Waals surface area contributed by atoms with Crippen LogP contribution in [0.1, 0.15) is 11.5 Å². The number of nitrogen functional groups attached to an aromatic ring is 1. The van der Waals surface area contributed by atoms with Crippen LogP contribution in [0.25, 0.3) is 0 Å². The average molecular weight is 231 g/mol. The number of rotatable bonds is 2. The van der Waals surface area contributed by atoms with Crippen molar-refractivity contribution in [3.05, 3.63) is 35.9 Å². The first-order valence-electron chi connectivity index (χ1n) is 4.59. The van der Waals surface area contributed by atoms with Crippen LogP contribution in [0.3, 0.4) is 0 Å².